The van der Waals surface area contributed by atoms with E-state index in [9.17, 15) is 14.4 Å². The largest absolute Gasteiger partial charge is 0.335 e. The summed E-state index contributed by atoms with van der Waals surface area (Å²) in [6, 6.07) is 7.85. The average molecular weight is 373 g/mol. The Kier molecular flexibility index (Phi) is 7.67. The Labute approximate surface area is 160 Å². The van der Waals surface area contributed by atoms with Crippen molar-refractivity contribution >= 4 is 29.7 Å². The Balaban J connectivity index is 1.99. The lowest BCUT2D eigenvalue weighted by Gasteiger charge is -2.28. The van der Waals surface area contributed by atoms with Crippen LogP contribution in [0.5, 0.6) is 0 Å². The van der Waals surface area contributed by atoms with Gasteiger partial charge in [-0.2, -0.15) is 0 Å². The van der Waals surface area contributed by atoms with E-state index in [4.69, 9.17) is 0 Å². The number of para-hydroxylation sites is 1. The van der Waals surface area contributed by atoms with E-state index >= 15 is 0 Å². The third kappa shape index (κ3) is 5.47. The van der Waals surface area contributed by atoms with Crippen LogP contribution in [0.25, 0.3) is 0 Å². The van der Waals surface area contributed by atoms with Gasteiger partial charge in [0.1, 0.15) is 0 Å². The molecule has 7 heteroatoms. The molecule has 7 nitrogen and oxygen atoms in total. The summed E-state index contributed by atoms with van der Waals surface area (Å²) >= 11 is 0. The summed E-state index contributed by atoms with van der Waals surface area (Å²) in [6.07, 6.45) is 3.31. The summed E-state index contributed by atoms with van der Waals surface area (Å²) in [7, 11) is 0. The third-order valence-electron chi connectivity index (χ3n) is 4.86. The van der Waals surface area contributed by atoms with Crippen molar-refractivity contribution in [2.24, 2.45) is 10.9 Å². The summed E-state index contributed by atoms with van der Waals surface area (Å²) in [5.41, 5.74) is 0.432. The van der Waals surface area contributed by atoms with Gasteiger partial charge < -0.3 is 4.90 Å². The van der Waals surface area contributed by atoms with Crippen LogP contribution in [0, 0.1) is 5.92 Å². The molecule has 1 unspecified atom stereocenters. The molecule has 1 aromatic carbocycles. The number of nitrogens with zero attached hydrogens (tertiary/aromatic N) is 2. The summed E-state index contributed by atoms with van der Waals surface area (Å²) in [4.78, 5) is 43.8. The minimum Gasteiger partial charge on any atom is -0.335 e. The minimum absolute atomic E-state index is 0.0170. The highest BCUT2D eigenvalue weighted by atomic mass is 16.2. The fraction of sp³-hybridized carbons (Fsp3) is 0.500. The summed E-state index contributed by atoms with van der Waals surface area (Å²) in [6.45, 7) is 9.62. The number of amides is 4. The number of barbiturate groups is 1. The summed E-state index contributed by atoms with van der Waals surface area (Å²) < 4.78 is 0. The monoisotopic (exact) mass is 373 g/mol. The topological polar surface area (TPSA) is 83.3 Å². The first-order valence-corrected chi connectivity index (χ1v) is 9.58. The van der Waals surface area contributed by atoms with E-state index in [1.54, 1.807) is 35.2 Å². The van der Waals surface area contributed by atoms with Crippen LogP contribution < -0.4 is 15.1 Å². The molecule has 0 saturated carbocycles. The lowest BCUT2D eigenvalue weighted by atomic mass is 10.1. The van der Waals surface area contributed by atoms with Gasteiger partial charge in [-0.25, -0.2) is 9.69 Å². The van der Waals surface area contributed by atoms with Gasteiger partial charge >= 0.3 is 6.03 Å². The maximum atomic E-state index is 12.7. The lowest BCUT2D eigenvalue weighted by molar-refractivity contribution is -0.896. The number of benzene rings is 1. The van der Waals surface area contributed by atoms with Crippen molar-refractivity contribution in [3.8, 4) is 0 Å². The zero-order valence-electron chi connectivity index (χ0n) is 16.3. The summed E-state index contributed by atoms with van der Waals surface area (Å²) in [5, 5.41) is 2.24. The van der Waals surface area contributed by atoms with Gasteiger partial charge in [0.15, 0.2) is 5.92 Å². The Morgan fingerprint density at radius 2 is 1.85 bits per heavy atom. The first-order chi connectivity index (χ1) is 13.0. The predicted molar refractivity (Wildman–Crippen MR) is 105 cm³/mol. The SMILES string of the molecule is CC[NH+](CC)CCC[C@H](C)N=CC1C(=O)NC(=O)N(c2ccccc2)C1=O. The van der Waals surface area contributed by atoms with Crippen molar-refractivity contribution in [2.45, 2.75) is 39.7 Å². The van der Waals surface area contributed by atoms with Crippen LogP contribution in [-0.2, 0) is 9.59 Å². The zero-order valence-corrected chi connectivity index (χ0v) is 16.3. The van der Waals surface area contributed by atoms with E-state index in [-0.39, 0.29) is 6.04 Å². The molecule has 1 saturated heterocycles. The van der Waals surface area contributed by atoms with Crippen molar-refractivity contribution < 1.29 is 19.3 Å². The molecule has 4 amide bonds. The number of quaternary nitrogens is 1. The minimum atomic E-state index is -1.08. The van der Waals surface area contributed by atoms with Crippen LogP contribution in [0.2, 0.25) is 0 Å². The van der Waals surface area contributed by atoms with E-state index in [1.165, 1.54) is 6.21 Å². The van der Waals surface area contributed by atoms with Crippen LogP contribution >= 0.6 is 0 Å². The van der Waals surface area contributed by atoms with Gasteiger partial charge in [0.25, 0.3) is 5.91 Å². The highest BCUT2D eigenvalue weighted by Gasteiger charge is 2.40. The highest BCUT2D eigenvalue weighted by Crippen LogP contribution is 2.19. The molecule has 0 bridgehead atoms. The van der Waals surface area contributed by atoms with Crippen LogP contribution in [-0.4, -0.2) is 49.7 Å². The van der Waals surface area contributed by atoms with Crippen molar-refractivity contribution in [3.05, 3.63) is 30.3 Å². The molecule has 2 N–H and O–H groups in total. The van der Waals surface area contributed by atoms with Gasteiger partial charge in [0, 0.05) is 12.3 Å². The molecule has 1 aliphatic heterocycles. The average Bonchev–Trinajstić information content (AvgIpc) is 2.65. The number of nitrogens with one attached hydrogen (secondary N) is 2. The van der Waals surface area contributed by atoms with Gasteiger partial charge in [-0.15, -0.1) is 0 Å². The number of anilines is 1. The van der Waals surface area contributed by atoms with E-state index in [1.807, 2.05) is 6.92 Å². The van der Waals surface area contributed by atoms with Gasteiger partial charge in [0.2, 0.25) is 5.91 Å². The number of carbonyl (C=O) groups excluding carboxylic acids is 3. The number of hydrogen-bond donors (Lipinski definition) is 2. The Morgan fingerprint density at radius 3 is 2.48 bits per heavy atom. The molecular weight excluding hydrogens is 344 g/mol. The molecule has 27 heavy (non-hydrogen) atoms. The zero-order chi connectivity index (χ0) is 19.8. The maximum Gasteiger partial charge on any atom is 0.335 e. The second kappa shape index (κ2) is 9.97. The number of imide groups is 2. The molecule has 0 aliphatic carbocycles. The quantitative estimate of drug-likeness (QED) is 0.501. The van der Waals surface area contributed by atoms with E-state index in [0.717, 1.165) is 37.4 Å². The second-order valence-corrected chi connectivity index (χ2v) is 6.78. The lowest BCUT2D eigenvalue weighted by Crippen LogP contribution is -3.11. The Hall–Kier alpha value is -2.54. The molecule has 2 atom stereocenters. The first kappa shape index (κ1) is 20.8. The van der Waals surface area contributed by atoms with E-state index < -0.39 is 23.8 Å². The molecule has 1 aliphatic rings. The number of aliphatic imine (C=N–C) groups is 1. The van der Waals surface area contributed by atoms with E-state index in [0.29, 0.717) is 5.69 Å². The highest BCUT2D eigenvalue weighted by molar-refractivity contribution is 6.32. The van der Waals surface area contributed by atoms with Crippen LogP contribution in [0.3, 0.4) is 0 Å². The van der Waals surface area contributed by atoms with Crippen molar-refractivity contribution in [1.82, 2.24) is 5.32 Å². The van der Waals surface area contributed by atoms with Crippen LogP contribution in [0.4, 0.5) is 10.5 Å². The normalized spacial score (nSPS) is 19.0. The van der Waals surface area contributed by atoms with Crippen molar-refractivity contribution in [1.29, 1.82) is 0 Å². The number of urea groups is 1. The molecule has 1 fully saturated rings. The molecule has 0 aromatic heterocycles. The standard InChI is InChI=1S/C20H28N4O3/c1-4-23(5-2)13-9-10-15(3)21-14-17-18(25)22-20(27)24(19(17)26)16-11-7-6-8-12-16/h6-8,11-12,14-15,17H,4-5,9-10,13H2,1-3H3,(H,22,25,27)/p+1/t15-,17?/m0/s1. The van der Waals surface area contributed by atoms with Gasteiger partial charge in [0.05, 0.1) is 25.3 Å². The fourth-order valence-electron chi connectivity index (χ4n) is 3.10. The van der Waals surface area contributed by atoms with E-state index in [2.05, 4.69) is 24.2 Å². The van der Waals surface area contributed by atoms with Gasteiger partial charge in [-0.05, 0) is 45.7 Å². The molecule has 0 radical (unpaired) electrons. The first-order valence-electron chi connectivity index (χ1n) is 9.58. The Bertz CT molecular complexity index is 686. The third-order valence-corrected chi connectivity index (χ3v) is 4.86. The number of hydrogen-bond acceptors (Lipinski definition) is 4. The van der Waals surface area contributed by atoms with Gasteiger partial charge in [-0.1, -0.05) is 18.2 Å². The number of carbonyl (C=O) groups is 3. The molecule has 0 spiro atoms. The Morgan fingerprint density at radius 1 is 1.19 bits per heavy atom. The number of rotatable bonds is 9. The fourth-order valence-corrected chi connectivity index (χ4v) is 3.10. The maximum absolute atomic E-state index is 12.7. The molecular formula is C20H29N4O3+. The molecule has 1 heterocycles. The summed E-state index contributed by atoms with van der Waals surface area (Å²) in [5.74, 6) is -2.28. The molecule has 1 aromatic rings. The molecule has 2 rings (SSSR count). The van der Waals surface area contributed by atoms with Crippen LogP contribution in [0.1, 0.15) is 33.6 Å². The van der Waals surface area contributed by atoms with Crippen molar-refractivity contribution in [3.63, 3.8) is 0 Å². The van der Waals surface area contributed by atoms with Crippen molar-refractivity contribution in [2.75, 3.05) is 24.5 Å². The smallest absolute Gasteiger partial charge is 0.335 e. The molecule has 146 valence electrons. The second-order valence-electron chi connectivity index (χ2n) is 6.78. The van der Waals surface area contributed by atoms with Crippen LogP contribution in [0.15, 0.2) is 35.3 Å². The predicted octanol–water partition coefficient (Wildman–Crippen LogP) is 1.05. The van der Waals surface area contributed by atoms with Gasteiger partial charge in [-0.3, -0.25) is 19.9 Å².